The average molecular weight is 514 g/mol. The number of amides is 2. The topological polar surface area (TPSA) is 58.2 Å². The van der Waals surface area contributed by atoms with Gasteiger partial charge in [0.2, 0.25) is 11.8 Å². The molecule has 0 heterocycles. The van der Waals surface area contributed by atoms with Crippen LogP contribution in [0.25, 0.3) is 6.08 Å². The van der Waals surface area contributed by atoms with E-state index in [1.165, 1.54) is 17.8 Å². The van der Waals surface area contributed by atoms with Crippen LogP contribution in [0.1, 0.15) is 5.56 Å². The van der Waals surface area contributed by atoms with Gasteiger partial charge >= 0.3 is 0 Å². The first-order valence-electron chi connectivity index (χ1n) is 8.91. The highest BCUT2D eigenvalue weighted by atomic mass is 127. The maximum atomic E-state index is 12.1. The zero-order valence-electron chi connectivity index (χ0n) is 15.5. The van der Waals surface area contributed by atoms with Gasteiger partial charge in [-0.15, -0.1) is 11.8 Å². The molecule has 0 saturated carbocycles. The zero-order chi connectivity index (χ0) is 20.5. The van der Waals surface area contributed by atoms with Crippen molar-refractivity contribution in [3.05, 3.63) is 94.1 Å². The van der Waals surface area contributed by atoms with Gasteiger partial charge in [0, 0.05) is 25.9 Å². The maximum Gasteiger partial charge on any atom is 0.248 e. The Morgan fingerprint density at radius 1 is 0.828 bits per heavy atom. The highest BCUT2D eigenvalue weighted by Gasteiger charge is 2.05. The van der Waals surface area contributed by atoms with Crippen LogP contribution in [-0.2, 0) is 9.59 Å². The minimum atomic E-state index is -0.189. The van der Waals surface area contributed by atoms with E-state index in [1.807, 2.05) is 78.9 Å². The molecule has 0 bridgehead atoms. The third kappa shape index (κ3) is 7.40. The number of halogens is 1. The van der Waals surface area contributed by atoms with Crippen molar-refractivity contribution in [3.8, 4) is 0 Å². The lowest BCUT2D eigenvalue weighted by Gasteiger charge is -2.06. The Kier molecular flexibility index (Phi) is 7.89. The monoisotopic (exact) mass is 514 g/mol. The Morgan fingerprint density at radius 3 is 2.14 bits per heavy atom. The smallest absolute Gasteiger partial charge is 0.248 e. The van der Waals surface area contributed by atoms with Crippen molar-refractivity contribution >= 4 is 63.6 Å². The first-order valence-corrected chi connectivity index (χ1v) is 11.0. The van der Waals surface area contributed by atoms with E-state index in [4.69, 9.17) is 0 Å². The van der Waals surface area contributed by atoms with Gasteiger partial charge in [0.05, 0.1) is 5.75 Å². The maximum absolute atomic E-state index is 12.1. The summed E-state index contributed by atoms with van der Waals surface area (Å²) in [6, 6.07) is 24.7. The molecule has 3 aromatic rings. The quantitative estimate of drug-likeness (QED) is 0.243. The summed E-state index contributed by atoms with van der Waals surface area (Å²) < 4.78 is 1.12. The van der Waals surface area contributed by atoms with Crippen LogP contribution in [0.3, 0.4) is 0 Å². The molecule has 2 amide bonds. The van der Waals surface area contributed by atoms with Crippen molar-refractivity contribution in [2.75, 3.05) is 16.4 Å². The molecule has 0 radical (unpaired) electrons. The zero-order valence-corrected chi connectivity index (χ0v) is 18.4. The third-order valence-electron chi connectivity index (χ3n) is 3.85. The molecule has 146 valence electrons. The molecule has 0 aliphatic rings. The van der Waals surface area contributed by atoms with Gasteiger partial charge in [-0.05, 0) is 82.8 Å². The van der Waals surface area contributed by atoms with E-state index in [1.54, 1.807) is 6.08 Å². The Labute approximate surface area is 187 Å². The van der Waals surface area contributed by atoms with Gasteiger partial charge in [-0.25, -0.2) is 0 Å². The summed E-state index contributed by atoms with van der Waals surface area (Å²) in [6.07, 6.45) is 3.28. The van der Waals surface area contributed by atoms with Crippen molar-refractivity contribution in [2.24, 2.45) is 0 Å². The molecule has 4 nitrogen and oxygen atoms in total. The van der Waals surface area contributed by atoms with E-state index in [2.05, 4.69) is 33.2 Å². The lowest BCUT2D eigenvalue weighted by molar-refractivity contribution is -0.114. The molecule has 29 heavy (non-hydrogen) atoms. The molecule has 0 spiro atoms. The highest BCUT2D eigenvalue weighted by molar-refractivity contribution is 14.1. The fourth-order valence-corrected chi connectivity index (χ4v) is 3.49. The molecule has 0 aliphatic heterocycles. The second kappa shape index (κ2) is 10.8. The largest absolute Gasteiger partial charge is 0.325 e. The molecule has 0 atom stereocenters. The number of carbonyl (C=O) groups is 2. The SMILES string of the molecule is O=C(/C=C/c1ccccc1)Nc1ccc(SCC(=O)Nc2ccc(I)cc2)cc1. The van der Waals surface area contributed by atoms with Gasteiger partial charge in [0.25, 0.3) is 0 Å². The highest BCUT2D eigenvalue weighted by Crippen LogP contribution is 2.21. The van der Waals surface area contributed by atoms with Gasteiger partial charge in [-0.3, -0.25) is 9.59 Å². The number of rotatable bonds is 7. The predicted molar refractivity (Wildman–Crippen MR) is 129 cm³/mol. The van der Waals surface area contributed by atoms with Gasteiger partial charge in [0.1, 0.15) is 0 Å². The van der Waals surface area contributed by atoms with Crippen LogP contribution in [0.5, 0.6) is 0 Å². The van der Waals surface area contributed by atoms with Gasteiger partial charge < -0.3 is 10.6 Å². The minimum absolute atomic E-state index is 0.0559. The Balaban J connectivity index is 1.45. The summed E-state index contributed by atoms with van der Waals surface area (Å²) in [7, 11) is 0. The fraction of sp³-hybridized carbons (Fsp3) is 0.0435. The van der Waals surface area contributed by atoms with E-state index in [9.17, 15) is 9.59 Å². The minimum Gasteiger partial charge on any atom is -0.325 e. The van der Waals surface area contributed by atoms with Gasteiger partial charge in [-0.2, -0.15) is 0 Å². The summed E-state index contributed by atoms with van der Waals surface area (Å²) in [4.78, 5) is 25.1. The molecule has 0 unspecified atom stereocenters. The Hall–Kier alpha value is -2.58. The van der Waals surface area contributed by atoms with Crippen LogP contribution in [0, 0.1) is 3.57 Å². The summed E-state index contributed by atoms with van der Waals surface area (Å²) in [5.74, 6) is 0.0723. The number of hydrogen-bond acceptors (Lipinski definition) is 3. The molecular formula is C23H19IN2O2S. The number of carbonyl (C=O) groups excluding carboxylic acids is 2. The number of nitrogens with one attached hydrogen (secondary N) is 2. The van der Waals surface area contributed by atoms with E-state index < -0.39 is 0 Å². The molecule has 0 aliphatic carbocycles. The van der Waals surface area contributed by atoms with Crippen LogP contribution in [0.2, 0.25) is 0 Å². The second-order valence-corrected chi connectivity index (χ2v) is 8.40. The number of anilines is 2. The Bertz CT molecular complexity index is 988. The summed E-state index contributed by atoms with van der Waals surface area (Å²) in [5.41, 5.74) is 2.47. The third-order valence-corrected chi connectivity index (χ3v) is 5.58. The summed E-state index contributed by atoms with van der Waals surface area (Å²) in [6.45, 7) is 0. The standard InChI is InChI=1S/C23H19IN2O2S/c24-18-7-9-19(10-8-18)26-23(28)16-29-21-13-11-20(12-14-21)25-22(27)15-6-17-4-2-1-3-5-17/h1-15H,16H2,(H,25,27)(H,26,28)/b15-6+. The molecule has 3 rings (SSSR count). The summed E-state index contributed by atoms with van der Waals surface area (Å²) >= 11 is 3.67. The van der Waals surface area contributed by atoms with E-state index >= 15 is 0 Å². The van der Waals surface area contributed by atoms with Crippen LogP contribution in [-0.4, -0.2) is 17.6 Å². The number of thioether (sulfide) groups is 1. The Morgan fingerprint density at radius 2 is 1.45 bits per heavy atom. The molecule has 2 N–H and O–H groups in total. The molecule has 0 fully saturated rings. The average Bonchev–Trinajstić information content (AvgIpc) is 2.74. The second-order valence-electron chi connectivity index (χ2n) is 6.10. The molecular weight excluding hydrogens is 495 g/mol. The first-order chi connectivity index (χ1) is 14.1. The van der Waals surface area contributed by atoms with E-state index in [0.717, 1.165) is 19.7 Å². The van der Waals surface area contributed by atoms with Crippen molar-refractivity contribution in [3.63, 3.8) is 0 Å². The van der Waals surface area contributed by atoms with Crippen molar-refractivity contribution in [1.82, 2.24) is 0 Å². The molecule has 6 heteroatoms. The number of benzene rings is 3. The van der Waals surface area contributed by atoms with Crippen molar-refractivity contribution in [1.29, 1.82) is 0 Å². The predicted octanol–water partition coefficient (Wildman–Crippen LogP) is 5.67. The lowest BCUT2D eigenvalue weighted by atomic mass is 10.2. The fourth-order valence-electron chi connectivity index (χ4n) is 2.43. The van der Waals surface area contributed by atoms with Crippen molar-refractivity contribution in [2.45, 2.75) is 4.90 Å². The van der Waals surface area contributed by atoms with E-state index in [-0.39, 0.29) is 11.8 Å². The van der Waals surface area contributed by atoms with Crippen LogP contribution in [0.15, 0.2) is 89.8 Å². The van der Waals surface area contributed by atoms with Crippen LogP contribution in [0.4, 0.5) is 11.4 Å². The van der Waals surface area contributed by atoms with Crippen LogP contribution >= 0.6 is 34.4 Å². The molecule has 0 aromatic heterocycles. The van der Waals surface area contributed by atoms with Crippen LogP contribution < -0.4 is 10.6 Å². The normalized spacial score (nSPS) is 10.7. The van der Waals surface area contributed by atoms with Gasteiger partial charge in [-0.1, -0.05) is 30.3 Å². The number of hydrogen-bond donors (Lipinski definition) is 2. The van der Waals surface area contributed by atoms with Gasteiger partial charge in [0.15, 0.2) is 0 Å². The lowest BCUT2D eigenvalue weighted by Crippen LogP contribution is -2.13. The van der Waals surface area contributed by atoms with Crippen molar-refractivity contribution < 1.29 is 9.59 Å². The summed E-state index contributed by atoms with van der Waals surface area (Å²) in [5, 5.41) is 5.70. The molecule has 3 aromatic carbocycles. The molecule has 0 saturated heterocycles. The van der Waals surface area contributed by atoms with E-state index in [0.29, 0.717) is 11.4 Å². The first kappa shape index (κ1) is 21.1.